The van der Waals surface area contributed by atoms with Gasteiger partial charge in [-0.2, -0.15) is 0 Å². The number of carboxylic acid groups (broad SMARTS) is 1. The third-order valence-corrected chi connectivity index (χ3v) is 10.1. The van der Waals surface area contributed by atoms with E-state index in [0.29, 0.717) is 29.8 Å². The maximum atomic E-state index is 13.6. The molecule has 0 radical (unpaired) electrons. The van der Waals surface area contributed by atoms with Gasteiger partial charge in [0, 0.05) is 30.1 Å². The molecule has 0 aliphatic carbocycles. The van der Waals surface area contributed by atoms with Gasteiger partial charge in [-0.15, -0.1) is 0 Å². The molecule has 65 heavy (non-hydrogen) atoms. The van der Waals surface area contributed by atoms with Crippen LogP contribution >= 0.6 is 11.6 Å². The highest BCUT2D eigenvalue weighted by atomic mass is 35.5. The van der Waals surface area contributed by atoms with Crippen molar-refractivity contribution in [2.75, 3.05) is 19.6 Å². The van der Waals surface area contributed by atoms with E-state index in [9.17, 15) is 43.2 Å². The van der Waals surface area contributed by atoms with Crippen LogP contribution in [0.1, 0.15) is 84.6 Å². The largest absolute Gasteiger partial charge is 0.480 e. The maximum Gasteiger partial charge on any atom is 0.407 e. The second-order valence-electron chi connectivity index (χ2n) is 15.4. The summed E-state index contributed by atoms with van der Waals surface area (Å²) in [6, 6.07) is 0.666. The Kier molecular flexibility index (Phi) is 25.9. The van der Waals surface area contributed by atoms with Crippen molar-refractivity contribution in [3.8, 4) is 0 Å². The van der Waals surface area contributed by atoms with Crippen LogP contribution in [0.2, 0.25) is 5.02 Å². The summed E-state index contributed by atoms with van der Waals surface area (Å²) >= 11 is 6.08. The SMILES string of the molecule is C=C(NC(=O)[C@@H](NC(=O)[C@H](CCC(N)=O)NC(=O)[C@@H](N)CCCCNC(=O)OCc1ccccc1Cl)[C@@H](C)CC)C(=O)N[C@H](C(=O)N[C@@H](CCCN=C(N)N)C(=O)NCC(=O)O)C(C)C. The van der Waals surface area contributed by atoms with Gasteiger partial charge in [0.15, 0.2) is 5.96 Å². The van der Waals surface area contributed by atoms with Gasteiger partial charge in [0.1, 0.15) is 37.3 Å². The second-order valence-corrected chi connectivity index (χ2v) is 15.8. The van der Waals surface area contributed by atoms with Gasteiger partial charge in [-0.1, -0.05) is 70.5 Å². The minimum absolute atomic E-state index is 0.00412. The number of primary amides is 1. The number of nitrogens with two attached hydrogens (primary N) is 4. The number of aliphatic carboxylic acids is 1. The predicted molar refractivity (Wildman–Crippen MR) is 240 cm³/mol. The average molecular weight is 937 g/mol. The number of carbonyl (C=O) groups excluding carboxylic acids is 8. The van der Waals surface area contributed by atoms with Crippen LogP contribution in [0.15, 0.2) is 41.5 Å². The van der Waals surface area contributed by atoms with Gasteiger partial charge in [-0.25, -0.2) is 4.79 Å². The number of unbranched alkanes of at least 4 members (excludes halogenated alkanes) is 1. The lowest BCUT2D eigenvalue weighted by molar-refractivity contribution is -0.138. The Labute approximate surface area is 382 Å². The van der Waals surface area contributed by atoms with E-state index >= 15 is 0 Å². The number of alkyl carbamates (subject to hydrolysis) is 1. The van der Waals surface area contributed by atoms with E-state index in [0.717, 1.165) is 0 Å². The van der Waals surface area contributed by atoms with Gasteiger partial charge in [-0.05, 0) is 56.4 Å². The number of rotatable bonds is 30. The van der Waals surface area contributed by atoms with Crippen molar-refractivity contribution in [1.29, 1.82) is 0 Å². The molecule has 24 heteroatoms. The number of ether oxygens (including phenoxy) is 1. The smallest absolute Gasteiger partial charge is 0.407 e. The fourth-order valence-corrected chi connectivity index (χ4v) is 5.97. The highest BCUT2D eigenvalue weighted by Crippen LogP contribution is 2.16. The van der Waals surface area contributed by atoms with Crippen LogP contribution in [0.5, 0.6) is 0 Å². The number of guanidine groups is 1. The zero-order valence-electron chi connectivity index (χ0n) is 37.2. The van der Waals surface area contributed by atoms with Gasteiger partial charge >= 0.3 is 12.1 Å². The Morgan fingerprint density at radius 3 is 2.03 bits per heavy atom. The van der Waals surface area contributed by atoms with Crippen LogP contribution in [0.25, 0.3) is 0 Å². The molecular formula is C41H65ClN12O11. The molecule has 8 amide bonds. The first-order valence-corrected chi connectivity index (χ1v) is 21.4. The number of aliphatic imine (C=N–C) groups is 1. The van der Waals surface area contributed by atoms with Crippen molar-refractivity contribution in [2.24, 2.45) is 39.8 Å². The number of nitrogens with zero attached hydrogens (tertiary/aromatic N) is 1. The van der Waals surface area contributed by atoms with E-state index in [-0.39, 0.29) is 57.8 Å². The minimum Gasteiger partial charge on any atom is -0.480 e. The number of carbonyl (C=O) groups is 9. The van der Waals surface area contributed by atoms with Crippen molar-refractivity contribution >= 4 is 71.0 Å². The highest BCUT2D eigenvalue weighted by molar-refractivity contribution is 6.31. The molecule has 0 spiro atoms. The van der Waals surface area contributed by atoms with E-state index in [2.05, 4.69) is 48.8 Å². The molecule has 0 saturated heterocycles. The first kappa shape index (κ1) is 56.5. The Balaban J connectivity index is 2.94. The van der Waals surface area contributed by atoms with Gasteiger partial charge in [0.05, 0.1) is 11.7 Å². The lowest BCUT2D eigenvalue weighted by Crippen LogP contribution is -2.58. The van der Waals surface area contributed by atoms with Crippen molar-refractivity contribution in [3.05, 3.63) is 47.1 Å². The molecule has 6 atom stereocenters. The Bertz CT molecular complexity index is 1860. The summed E-state index contributed by atoms with van der Waals surface area (Å²) in [5.74, 6) is -8.41. The van der Waals surface area contributed by atoms with Crippen LogP contribution in [0, 0.1) is 11.8 Å². The maximum absolute atomic E-state index is 13.6. The Morgan fingerprint density at radius 1 is 0.785 bits per heavy atom. The second kappa shape index (κ2) is 29.8. The topological polar surface area (TPSA) is 384 Å². The average Bonchev–Trinajstić information content (AvgIpc) is 3.24. The van der Waals surface area contributed by atoms with E-state index in [4.69, 9.17) is 44.4 Å². The molecule has 0 bridgehead atoms. The van der Waals surface area contributed by atoms with Crippen molar-refractivity contribution in [1.82, 2.24) is 37.2 Å². The van der Waals surface area contributed by atoms with E-state index in [1.807, 2.05) is 0 Å². The number of benzene rings is 1. The summed E-state index contributed by atoms with van der Waals surface area (Å²) in [7, 11) is 0. The molecule has 362 valence electrons. The zero-order chi connectivity index (χ0) is 49.2. The van der Waals surface area contributed by atoms with Crippen LogP contribution < -0.4 is 60.2 Å². The normalized spacial score (nSPS) is 13.5. The fraction of sp³-hybridized carbons (Fsp3) is 0.561. The fourth-order valence-electron chi connectivity index (χ4n) is 5.78. The van der Waals surface area contributed by atoms with Crippen LogP contribution in [0.4, 0.5) is 4.79 Å². The summed E-state index contributed by atoms with van der Waals surface area (Å²) in [5.41, 5.74) is 22.3. The molecule has 0 aliphatic rings. The summed E-state index contributed by atoms with van der Waals surface area (Å²) in [6.07, 6.45) is 0.390. The molecule has 23 nitrogen and oxygen atoms in total. The molecule has 1 aromatic carbocycles. The van der Waals surface area contributed by atoms with E-state index in [1.54, 1.807) is 52.0 Å². The molecule has 0 saturated carbocycles. The lowest BCUT2D eigenvalue weighted by Gasteiger charge is -2.28. The number of nitrogens with one attached hydrogen (secondary N) is 7. The number of hydrogen-bond donors (Lipinski definition) is 12. The number of halogens is 1. The number of amides is 8. The van der Waals surface area contributed by atoms with Gasteiger partial charge in [0.2, 0.25) is 35.4 Å². The molecule has 16 N–H and O–H groups in total. The number of hydrogen-bond acceptors (Lipinski definition) is 12. The summed E-state index contributed by atoms with van der Waals surface area (Å²) < 4.78 is 5.16. The van der Waals surface area contributed by atoms with Gasteiger partial charge in [0.25, 0.3) is 5.91 Å². The van der Waals surface area contributed by atoms with Gasteiger partial charge in [-0.3, -0.25) is 43.3 Å². The third kappa shape index (κ3) is 22.6. The van der Waals surface area contributed by atoms with Crippen LogP contribution in [-0.2, 0) is 49.7 Å². The number of carboxylic acids is 1. The molecule has 0 unspecified atom stereocenters. The summed E-state index contributed by atoms with van der Waals surface area (Å²) in [5, 5.41) is 26.7. The quantitative estimate of drug-likeness (QED) is 0.0188. The minimum atomic E-state index is -1.35. The molecule has 0 heterocycles. The van der Waals surface area contributed by atoms with Crippen molar-refractivity contribution in [2.45, 2.75) is 116 Å². The predicted octanol–water partition coefficient (Wildman–Crippen LogP) is -1.15. The monoisotopic (exact) mass is 936 g/mol. The standard InChI is InChI=1S/C41H65ClN12O11/c1-6-23(4)33(39(63)50-24(5)34(58)53-32(22(2)3)38(62)52-28(15-11-19-47-40(45)46)36(60)49-20-31(56)57)54-37(61)29(16-17-30(44)55)51-35(59)27(43)14-9-10-18-48-41(64)65-21-25-12-7-8-13-26(25)42/h7-8,12-13,22-23,27-29,32-33H,5-6,9-11,14-21,43H2,1-4H3,(H2,44,55)(H,48,64)(H,49,60)(H,50,63)(H,51,59)(H,52,62)(H,53,58)(H,54,61)(H,56,57)(H4,45,46,47)/t23-,27-,28-,29-,32-,33-/m0/s1. The van der Waals surface area contributed by atoms with E-state index < -0.39 is 108 Å². The molecule has 0 fully saturated rings. The molecular weight excluding hydrogens is 872 g/mol. The zero-order valence-corrected chi connectivity index (χ0v) is 38.0. The molecule has 1 rings (SSSR count). The Morgan fingerprint density at radius 2 is 1.43 bits per heavy atom. The third-order valence-electron chi connectivity index (χ3n) is 9.75. The van der Waals surface area contributed by atoms with Crippen LogP contribution in [-0.4, -0.2) is 114 Å². The molecule has 0 aliphatic heterocycles. The van der Waals surface area contributed by atoms with E-state index in [1.165, 1.54) is 0 Å². The molecule has 1 aromatic rings. The summed E-state index contributed by atoms with van der Waals surface area (Å²) in [4.78, 5) is 118. The van der Waals surface area contributed by atoms with Crippen molar-refractivity contribution in [3.63, 3.8) is 0 Å². The van der Waals surface area contributed by atoms with Crippen LogP contribution in [0.3, 0.4) is 0 Å². The summed E-state index contributed by atoms with van der Waals surface area (Å²) in [6.45, 7) is 9.81. The first-order valence-electron chi connectivity index (χ1n) is 21.0. The highest BCUT2D eigenvalue weighted by Gasteiger charge is 2.33. The Hall–Kier alpha value is -6.49. The first-order chi connectivity index (χ1) is 30.6. The molecule has 0 aromatic heterocycles. The lowest BCUT2D eigenvalue weighted by atomic mass is 9.97. The van der Waals surface area contributed by atoms with Gasteiger partial charge < -0.3 is 70.0 Å². The van der Waals surface area contributed by atoms with Crippen molar-refractivity contribution < 1.29 is 53.0 Å².